The number of sulfonamides is 1. The number of rotatable bonds is 3. The quantitative estimate of drug-likeness (QED) is 0.496. The zero-order valence-corrected chi connectivity index (χ0v) is 11.4. The van der Waals surface area contributed by atoms with E-state index in [0.717, 1.165) is 6.07 Å². The Bertz CT molecular complexity index is 599. The van der Waals surface area contributed by atoms with Gasteiger partial charge in [-0.3, -0.25) is 10.1 Å². The largest absolute Gasteiger partial charge is 0.397 e. The molecular formula is C10H14FN3O4S. The molecule has 19 heavy (non-hydrogen) atoms. The average molecular weight is 291 g/mol. The number of nitrogens with one attached hydrogen (secondary N) is 1. The highest BCUT2D eigenvalue weighted by Gasteiger charge is 2.29. The van der Waals surface area contributed by atoms with Crippen molar-refractivity contribution in [2.45, 2.75) is 31.2 Å². The van der Waals surface area contributed by atoms with Gasteiger partial charge in [-0.1, -0.05) is 0 Å². The second kappa shape index (κ2) is 4.74. The van der Waals surface area contributed by atoms with Crippen molar-refractivity contribution in [1.29, 1.82) is 0 Å². The van der Waals surface area contributed by atoms with E-state index < -0.39 is 42.6 Å². The molecule has 7 nitrogen and oxygen atoms in total. The first-order valence-electron chi connectivity index (χ1n) is 5.21. The van der Waals surface area contributed by atoms with Crippen LogP contribution in [0.5, 0.6) is 0 Å². The van der Waals surface area contributed by atoms with E-state index in [-0.39, 0.29) is 0 Å². The van der Waals surface area contributed by atoms with Crippen LogP contribution in [0, 0.1) is 15.9 Å². The summed E-state index contributed by atoms with van der Waals surface area (Å²) in [4.78, 5) is 8.88. The minimum Gasteiger partial charge on any atom is -0.397 e. The number of nitro groups is 1. The Hall–Kier alpha value is -1.74. The number of halogens is 1. The molecular weight excluding hydrogens is 277 g/mol. The summed E-state index contributed by atoms with van der Waals surface area (Å²) in [5, 5.41) is 10.5. The highest BCUT2D eigenvalue weighted by atomic mass is 32.2. The number of benzene rings is 1. The first-order valence-corrected chi connectivity index (χ1v) is 6.70. The van der Waals surface area contributed by atoms with E-state index in [4.69, 9.17) is 5.73 Å². The molecule has 0 aromatic heterocycles. The first-order chi connectivity index (χ1) is 8.44. The fraction of sp³-hybridized carbons (Fsp3) is 0.400. The number of hydrogen-bond acceptors (Lipinski definition) is 5. The van der Waals surface area contributed by atoms with E-state index in [1.807, 2.05) is 0 Å². The molecule has 0 aliphatic heterocycles. The van der Waals surface area contributed by atoms with Crippen LogP contribution in [0.1, 0.15) is 20.8 Å². The lowest BCUT2D eigenvalue weighted by Gasteiger charge is -2.21. The molecule has 0 fully saturated rings. The number of nitrogens with zero attached hydrogens (tertiary/aromatic N) is 1. The van der Waals surface area contributed by atoms with Crippen molar-refractivity contribution in [1.82, 2.24) is 4.72 Å². The summed E-state index contributed by atoms with van der Waals surface area (Å²) in [6.07, 6.45) is 0. The van der Waals surface area contributed by atoms with Crippen molar-refractivity contribution in [2.24, 2.45) is 0 Å². The zero-order valence-electron chi connectivity index (χ0n) is 10.6. The lowest BCUT2D eigenvalue weighted by atomic mass is 10.1. The Morgan fingerprint density at radius 1 is 1.37 bits per heavy atom. The minimum absolute atomic E-state index is 0.511. The number of anilines is 1. The van der Waals surface area contributed by atoms with Crippen molar-refractivity contribution in [3.05, 3.63) is 28.1 Å². The van der Waals surface area contributed by atoms with Crippen LogP contribution >= 0.6 is 0 Å². The molecule has 0 atom stereocenters. The highest BCUT2D eigenvalue weighted by molar-refractivity contribution is 7.89. The molecule has 0 amide bonds. The second-order valence-electron chi connectivity index (χ2n) is 4.96. The standard InChI is InChI=1S/C10H14FN3O4S/c1-10(2,3)13-19(17,18)9-7(11)4-6(14(15)16)5-8(9)12/h4-5,13H,12H2,1-3H3. The van der Waals surface area contributed by atoms with E-state index >= 15 is 0 Å². The predicted molar refractivity (Wildman–Crippen MR) is 67.5 cm³/mol. The predicted octanol–water partition coefficient (Wildman–Crippen LogP) is 1.39. The molecule has 3 N–H and O–H groups in total. The van der Waals surface area contributed by atoms with E-state index in [9.17, 15) is 22.9 Å². The van der Waals surface area contributed by atoms with Gasteiger partial charge in [-0.2, -0.15) is 0 Å². The van der Waals surface area contributed by atoms with Crippen molar-refractivity contribution in [2.75, 3.05) is 5.73 Å². The van der Waals surface area contributed by atoms with Crippen molar-refractivity contribution < 1.29 is 17.7 Å². The molecule has 0 aliphatic rings. The maximum atomic E-state index is 13.7. The molecule has 0 spiro atoms. The molecule has 0 heterocycles. The van der Waals surface area contributed by atoms with Gasteiger partial charge in [0.05, 0.1) is 16.7 Å². The van der Waals surface area contributed by atoms with Crippen molar-refractivity contribution >= 4 is 21.4 Å². The van der Waals surface area contributed by atoms with Crippen LogP contribution in [0.3, 0.4) is 0 Å². The van der Waals surface area contributed by atoms with Gasteiger partial charge in [-0.05, 0) is 20.8 Å². The Kier molecular flexibility index (Phi) is 3.82. The average Bonchev–Trinajstić information content (AvgIpc) is 2.10. The van der Waals surface area contributed by atoms with Crippen LogP contribution in [0.25, 0.3) is 0 Å². The zero-order chi connectivity index (χ0) is 15.0. The maximum absolute atomic E-state index is 13.7. The first kappa shape index (κ1) is 15.3. The van der Waals surface area contributed by atoms with Gasteiger partial charge in [-0.15, -0.1) is 0 Å². The Labute approximate surface area is 109 Å². The molecule has 0 radical (unpaired) electrons. The van der Waals surface area contributed by atoms with Gasteiger partial charge < -0.3 is 5.73 Å². The monoisotopic (exact) mass is 291 g/mol. The summed E-state index contributed by atoms with van der Waals surface area (Å²) in [5.41, 5.74) is 3.45. The fourth-order valence-corrected chi connectivity index (χ4v) is 3.04. The van der Waals surface area contributed by atoms with Gasteiger partial charge in [0.1, 0.15) is 4.90 Å². The van der Waals surface area contributed by atoms with Gasteiger partial charge in [-0.25, -0.2) is 17.5 Å². The molecule has 1 rings (SSSR count). The third-order valence-corrected chi connectivity index (χ3v) is 3.83. The smallest absolute Gasteiger partial charge is 0.274 e. The Morgan fingerprint density at radius 2 is 1.89 bits per heavy atom. The molecule has 9 heteroatoms. The second-order valence-corrected chi connectivity index (χ2v) is 6.58. The van der Waals surface area contributed by atoms with E-state index in [0.29, 0.717) is 6.07 Å². The number of nitrogen functional groups attached to an aromatic ring is 1. The Morgan fingerprint density at radius 3 is 2.26 bits per heavy atom. The fourth-order valence-electron chi connectivity index (χ4n) is 1.44. The van der Waals surface area contributed by atoms with Gasteiger partial charge in [0.2, 0.25) is 10.0 Å². The minimum atomic E-state index is -4.19. The summed E-state index contributed by atoms with van der Waals surface area (Å²) < 4.78 is 39.9. The van der Waals surface area contributed by atoms with Crippen LogP contribution < -0.4 is 10.5 Å². The van der Waals surface area contributed by atoms with Crippen LogP contribution in [0.15, 0.2) is 17.0 Å². The van der Waals surface area contributed by atoms with Crippen LogP contribution in [0.2, 0.25) is 0 Å². The third kappa shape index (κ3) is 3.61. The normalized spacial score (nSPS) is 12.4. The molecule has 0 saturated heterocycles. The van der Waals surface area contributed by atoms with E-state index in [2.05, 4.69) is 4.72 Å². The molecule has 0 unspecified atom stereocenters. The third-order valence-electron chi connectivity index (χ3n) is 1.98. The van der Waals surface area contributed by atoms with Gasteiger partial charge in [0.25, 0.3) is 5.69 Å². The number of nitro benzene ring substituents is 1. The number of non-ortho nitro benzene ring substituents is 1. The van der Waals surface area contributed by atoms with Crippen molar-refractivity contribution in [3.63, 3.8) is 0 Å². The maximum Gasteiger partial charge on any atom is 0.274 e. The number of hydrogen-bond donors (Lipinski definition) is 2. The molecule has 1 aromatic carbocycles. The summed E-state index contributed by atoms with van der Waals surface area (Å²) in [7, 11) is -4.19. The lowest BCUT2D eigenvalue weighted by Crippen LogP contribution is -2.41. The molecule has 106 valence electrons. The van der Waals surface area contributed by atoms with Crippen LogP contribution in [0.4, 0.5) is 15.8 Å². The van der Waals surface area contributed by atoms with Gasteiger partial charge >= 0.3 is 0 Å². The molecule has 0 bridgehead atoms. The van der Waals surface area contributed by atoms with E-state index in [1.54, 1.807) is 20.8 Å². The highest BCUT2D eigenvalue weighted by Crippen LogP contribution is 2.28. The topological polar surface area (TPSA) is 115 Å². The van der Waals surface area contributed by atoms with Gasteiger partial charge in [0.15, 0.2) is 5.82 Å². The molecule has 0 aliphatic carbocycles. The van der Waals surface area contributed by atoms with Crippen LogP contribution in [-0.4, -0.2) is 18.9 Å². The van der Waals surface area contributed by atoms with E-state index in [1.165, 1.54) is 0 Å². The van der Waals surface area contributed by atoms with Crippen LogP contribution in [-0.2, 0) is 10.0 Å². The molecule has 1 aromatic rings. The summed E-state index contributed by atoms with van der Waals surface area (Å²) in [6, 6.07) is 1.33. The number of nitrogens with two attached hydrogens (primary N) is 1. The lowest BCUT2D eigenvalue weighted by molar-refractivity contribution is -0.385. The molecule has 0 saturated carbocycles. The Balaban J connectivity index is 3.41. The summed E-state index contributed by atoms with van der Waals surface area (Å²) in [6.45, 7) is 4.72. The SMILES string of the molecule is CC(C)(C)NS(=O)(=O)c1c(N)cc([N+](=O)[O-])cc1F. The summed E-state index contributed by atoms with van der Waals surface area (Å²) in [5.74, 6) is -1.26. The summed E-state index contributed by atoms with van der Waals surface area (Å²) >= 11 is 0. The van der Waals surface area contributed by atoms with Crippen molar-refractivity contribution in [3.8, 4) is 0 Å². The van der Waals surface area contributed by atoms with Gasteiger partial charge in [0, 0.05) is 11.6 Å².